The molecule has 1 aliphatic rings. The summed E-state index contributed by atoms with van der Waals surface area (Å²) in [7, 11) is -3.82. The molecule has 3 rings (SSSR count). The quantitative estimate of drug-likeness (QED) is 0.675. The van der Waals surface area contributed by atoms with Crippen molar-refractivity contribution in [2.75, 3.05) is 18.4 Å². The minimum atomic E-state index is -4.83. The van der Waals surface area contributed by atoms with Crippen LogP contribution in [0.4, 0.5) is 18.9 Å². The van der Waals surface area contributed by atoms with Gasteiger partial charge in [0, 0.05) is 25.0 Å². The lowest BCUT2D eigenvalue weighted by Gasteiger charge is -2.25. The van der Waals surface area contributed by atoms with E-state index in [1.807, 2.05) is 0 Å². The second kappa shape index (κ2) is 8.78. The molecule has 162 valence electrons. The summed E-state index contributed by atoms with van der Waals surface area (Å²) in [6.45, 7) is 0.775. The Bertz CT molecular complexity index is 1020. The molecule has 0 aliphatic carbocycles. The van der Waals surface area contributed by atoms with Crippen molar-refractivity contribution >= 4 is 33.2 Å². The van der Waals surface area contributed by atoms with E-state index in [4.69, 9.17) is 11.6 Å². The first-order valence-corrected chi connectivity index (χ1v) is 10.7. The molecule has 0 unspecified atom stereocenters. The number of nitrogens with one attached hydrogen (secondary N) is 1. The molecule has 1 saturated heterocycles. The number of benzene rings is 1. The number of piperidine rings is 1. The fourth-order valence-corrected chi connectivity index (χ4v) is 4.60. The number of amides is 1. The van der Waals surface area contributed by atoms with E-state index in [1.54, 1.807) is 0 Å². The van der Waals surface area contributed by atoms with Crippen molar-refractivity contribution in [3.63, 3.8) is 0 Å². The molecule has 7 nitrogen and oxygen atoms in total. The minimum Gasteiger partial charge on any atom is -0.406 e. The van der Waals surface area contributed by atoms with Crippen LogP contribution in [-0.4, -0.2) is 43.1 Å². The van der Waals surface area contributed by atoms with Gasteiger partial charge in [0.05, 0.1) is 5.56 Å². The van der Waals surface area contributed by atoms with Gasteiger partial charge in [0.15, 0.2) is 0 Å². The summed E-state index contributed by atoms with van der Waals surface area (Å²) in [4.78, 5) is 16.2. The topological polar surface area (TPSA) is 88.6 Å². The molecule has 2 aromatic rings. The van der Waals surface area contributed by atoms with E-state index in [2.05, 4.69) is 15.0 Å². The number of ether oxygens (including phenoxy) is 1. The largest absolute Gasteiger partial charge is 0.573 e. The Morgan fingerprint density at radius 3 is 2.37 bits per heavy atom. The maximum absolute atomic E-state index is 12.8. The standard InChI is InChI=1S/C18H17ClF3N3O4S/c19-16-15(10-14(11-23-16)30(27,28)25-8-2-1-3-9-25)17(26)24-12-4-6-13(7-5-12)29-18(20,21)22/h4-7,10-11H,1-3,8-9H2,(H,24,26). The lowest BCUT2D eigenvalue weighted by atomic mass is 10.2. The number of halogens is 4. The number of rotatable bonds is 5. The number of hydrogen-bond acceptors (Lipinski definition) is 5. The molecular weight excluding hydrogens is 447 g/mol. The molecule has 1 amide bonds. The Labute approximate surface area is 175 Å². The summed E-state index contributed by atoms with van der Waals surface area (Å²) in [5.41, 5.74) is -0.0137. The van der Waals surface area contributed by atoms with Crippen LogP contribution in [0.3, 0.4) is 0 Å². The Balaban J connectivity index is 1.78. The molecule has 0 radical (unpaired) electrons. The van der Waals surface area contributed by atoms with E-state index in [9.17, 15) is 26.4 Å². The van der Waals surface area contributed by atoms with Crippen molar-refractivity contribution in [3.05, 3.63) is 47.2 Å². The van der Waals surface area contributed by atoms with Crippen LogP contribution in [0, 0.1) is 0 Å². The Kier molecular flexibility index (Phi) is 6.53. The monoisotopic (exact) mass is 463 g/mol. The molecule has 30 heavy (non-hydrogen) atoms. The van der Waals surface area contributed by atoms with Gasteiger partial charge in [-0.25, -0.2) is 13.4 Å². The van der Waals surface area contributed by atoms with Crippen LogP contribution in [0.5, 0.6) is 5.75 Å². The first-order chi connectivity index (χ1) is 14.1. The highest BCUT2D eigenvalue weighted by molar-refractivity contribution is 7.89. The number of alkyl halides is 3. The van der Waals surface area contributed by atoms with Gasteiger partial charge in [-0.15, -0.1) is 13.2 Å². The lowest BCUT2D eigenvalue weighted by Crippen LogP contribution is -2.35. The van der Waals surface area contributed by atoms with Crippen LogP contribution >= 0.6 is 11.6 Å². The predicted octanol–water partition coefficient (Wildman–Crippen LogP) is 4.06. The highest BCUT2D eigenvalue weighted by Crippen LogP contribution is 2.26. The molecule has 1 aromatic carbocycles. The van der Waals surface area contributed by atoms with Crippen molar-refractivity contribution in [3.8, 4) is 5.75 Å². The maximum Gasteiger partial charge on any atom is 0.573 e. The summed E-state index contributed by atoms with van der Waals surface area (Å²) in [6, 6.07) is 5.60. The Morgan fingerprint density at radius 1 is 1.13 bits per heavy atom. The van der Waals surface area contributed by atoms with Crippen LogP contribution in [0.25, 0.3) is 0 Å². The summed E-state index contributed by atoms with van der Waals surface area (Å²) >= 11 is 5.97. The van der Waals surface area contributed by atoms with Gasteiger partial charge in [-0.1, -0.05) is 18.0 Å². The molecule has 1 fully saturated rings. The van der Waals surface area contributed by atoms with Crippen molar-refractivity contribution in [1.29, 1.82) is 0 Å². The van der Waals surface area contributed by atoms with Gasteiger partial charge in [0.2, 0.25) is 10.0 Å². The molecule has 0 bridgehead atoms. The second-order valence-corrected chi connectivity index (χ2v) is 8.80. The van der Waals surface area contributed by atoms with Crippen LogP contribution in [0.2, 0.25) is 5.15 Å². The van der Waals surface area contributed by atoms with E-state index in [-0.39, 0.29) is 21.3 Å². The van der Waals surface area contributed by atoms with Gasteiger partial charge >= 0.3 is 6.36 Å². The van der Waals surface area contributed by atoms with Crippen LogP contribution in [-0.2, 0) is 10.0 Å². The fourth-order valence-electron chi connectivity index (χ4n) is 2.92. The summed E-state index contributed by atoms with van der Waals surface area (Å²) < 4.78 is 67.3. The first kappa shape index (κ1) is 22.3. The normalized spacial score (nSPS) is 15.6. The van der Waals surface area contributed by atoms with Crippen molar-refractivity contribution < 1.29 is 31.1 Å². The van der Waals surface area contributed by atoms with Gasteiger partial charge in [0.1, 0.15) is 15.8 Å². The number of nitrogens with zero attached hydrogens (tertiary/aromatic N) is 2. The van der Waals surface area contributed by atoms with Crippen LogP contribution in [0.1, 0.15) is 29.6 Å². The average Bonchev–Trinajstić information content (AvgIpc) is 2.69. The summed E-state index contributed by atoms with van der Waals surface area (Å²) in [6.07, 6.45) is -1.29. The summed E-state index contributed by atoms with van der Waals surface area (Å²) in [5.74, 6) is -1.21. The summed E-state index contributed by atoms with van der Waals surface area (Å²) in [5, 5.41) is 2.23. The predicted molar refractivity (Wildman–Crippen MR) is 103 cm³/mol. The van der Waals surface area contributed by atoms with Gasteiger partial charge in [-0.2, -0.15) is 4.31 Å². The van der Waals surface area contributed by atoms with Gasteiger partial charge < -0.3 is 10.1 Å². The first-order valence-electron chi connectivity index (χ1n) is 8.89. The highest BCUT2D eigenvalue weighted by Gasteiger charge is 2.31. The van der Waals surface area contributed by atoms with Crippen molar-refractivity contribution in [2.45, 2.75) is 30.5 Å². The smallest absolute Gasteiger partial charge is 0.406 e. The molecular formula is C18H17ClF3N3O4S. The van der Waals surface area contributed by atoms with E-state index < -0.39 is 28.0 Å². The fraction of sp³-hybridized carbons (Fsp3) is 0.333. The minimum absolute atomic E-state index is 0.159. The van der Waals surface area contributed by atoms with Crippen LogP contribution in [0.15, 0.2) is 41.4 Å². The van der Waals surface area contributed by atoms with Gasteiger partial charge in [-0.3, -0.25) is 4.79 Å². The molecule has 1 aromatic heterocycles. The Hall–Kier alpha value is -2.37. The molecule has 0 atom stereocenters. The number of sulfonamides is 1. The van der Waals surface area contributed by atoms with E-state index in [1.165, 1.54) is 16.4 Å². The van der Waals surface area contributed by atoms with E-state index >= 15 is 0 Å². The number of hydrogen-bond donors (Lipinski definition) is 1. The maximum atomic E-state index is 12.8. The zero-order chi connectivity index (χ0) is 21.9. The SMILES string of the molecule is O=C(Nc1ccc(OC(F)(F)F)cc1)c1cc(S(=O)(=O)N2CCCCC2)cnc1Cl. The third kappa shape index (κ3) is 5.41. The zero-order valence-electron chi connectivity index (χ0n) is 15.4. The number of carbonyl (C=O) groups excluding carboxylic acids is 1. The zero-order valence-corrected chi connectivity index (χ0v) is 17.0. The lowest BCUT2D eigenvalue weighted by molar-refractivity contribution is -0.274. The average molecular weight is 464 g/mol. The second-order valence-electron chi connectivity index (χ2n) is 6.50. The number of anilines is 1. The van der Waals surface area contributed by atoms with Crippen molar-refractivity contribution in [1.82, 2.24) is 9.29 Å². The number of aromatic nitrogens is 1. The van der Waals surface area contributed by atoms with Crippen LogP contribution < -0.4 is 10.1 Å². The molecule has 1 aliphatic heterocycles. The third-order valence-corrected chi connectivity index (χ3v) is 6.52. The Morgan fingerprint density at radius 2 is 1.77 bits per heavy atom. The van der Waals surface area contributed by atoms with E-state index in [0.29, 0.717) is 13.1 Å². The molecule has 1 N–H and O–H groups in total. The number of pyridine rings is 1. The molecule has 12 heteroatoms. The van der Waals surface area contributed by atoms with Crippen molar-refractivity contribution in [2.24, 2.45) is 0 Å². The highest BCUT2D eigenvalue weighted by atomic mass is 35.5. The van der Waals surface area contributed by atoms with Gasteiger partial charge in [0.25, 0.3) is 5.91 Å². The van der Waals surface area contributed by atoms with E-state index in [0.717, 1.165) is 43.7 Å². The molecule has 0 spiro atoms. The molecule has 2 heterocycles. The molecule has 0 saturated carbocycles. The third-order valence-electron chi connectivity index (χ3n) is 4.36. The number of carbonyl (C=O) groups is 1. The van der Waals surface area contributed by atoms with Gasteiger partial charge in [-0.05, 0) is 43.2 Å².